The molecule has 5 nitrogen and oxygen atoms in total. The highest BCUT2D eigenvalue weighted by Crippen LogP contribution is 2.33. The number of benzene rings is 2. The van der Waals surface area contributed by atoms with Crippen LogP contribution in [0.2, 0.25) is 5.02 Å². The smallest absolute Gasteiger partial charge is 0.233 e. The third kappa shape index (κ3) is 4.17. The van der Waals surface area contributed by atoms with Crippen molar-refractivity contribution >= 4 is 29.1 Å². The van der Waals surface area contributed by atoms with Crippen LogP contribution >= 0.6 is 11.6 Å². The van der Waals surface area contributed by atoms with Crippen LogP contribution in [0.25, 0.3) is 0 Å². The van der Waals surface area contributed by atoms with E-state index in [1.807, 2.05) is 36.5 Å². The topological polar surface area (TPSA) is 54.3 Å². The SMILES string of the molecule is O=C(CC(=O)N1CCn2cccc2[C@H]1c1cccc(Cl)c1)Nc1ccc(F)cc1. The summed E-state index contributed by atoms with van der Waals surface area (Å²) in [4.78, 5) is 27.1. The van der Waals surface area contributed by atoms with Gasteiger partial charge >= 0.3 is 0 Å². The van der Waals surface area contributed by atoms with Gasteiger partial charge in [0.1, 0.15) is 12.2 Å². The van der Waals surface area contributed by atoms with Crippen LogP contribution in [-0.2, 0) is 16.1 Å². The molecule has 0 unspecified atom stereocenters. The Kier molecular flexibility index (Phi) is 5.36. The van der Waals surface area contributed by atoms with Crippen molar-refractivity contribution in [2.75, 3.05) is 11.9 Å². The number of nitrogens with zero attached hydrogens (tertiary/aromatic N) is 2. The first-order valence-corrected chi connectivity index (χ1v) is 9.64. The predicted octanol–water partition coefficient (Wildman–Crippen LogP) is 4.24. The van der Waals surface area contributed by atoms with Crippen LogP contribution < -0.4 is 5.32 Å². The Labute approximate surface area is 172 Å². The summed E-state index contributed by atoms with van der Waals surface area (Å²) in [7, 11) is 0. The number of anilines is 1. The molecule has 0 fully saturated rings. The van der Waals surface area contributed by atoms with E-state index in [2.05, 4.69) is 9.88 Å². The van der Waals surface area contributed by atoms with Crippen LogP contribution in [0.4, 0.5) is 10.1 Å². The summed E-state index contributed by atoms with van der Waals surface area (Å²) >= 11 is 6.18. The Hall–Kier alpha value is -3.12. The van der Waals surface area contributed by atoms with Gasteiger partial charge in [-0.3, -0.25) is 9.59 Å². The fourth-order valence-corrected chi connectivity index (χ4v) is 3.86. The van der Waals surface area contributed by atoms with Crippen molar-refractivity contribution in [2.24, 2.45) is 0 Å². The van der Waals surface area contributed by atoms with Crippen molar-refractivity contribution in [2.45, 2.75) is 19.0 Å². The van der Waals surface area contributed by atoms with Gasteiger partial charge in [0.25, 0.3) is 0 Å². The van der Waals surface area contributed by atoms with E-state index >= 15 is 0 Å². The zero-order valence-corrected chi connectivity index (χ0v) is 16.3. The van der Waals surface area contributed by atoms with Crippen molar-refractivity contribution in [3.05, 3.63) is 89.0 Å². The lowest BCUT2D eigenvalue weighted by Crippen LogP contribution is -2.43. The van der Waals surface area contributed by atoms with Gasteiger partial charge in [-0.15, -0.1) is 0 Å². The number of fused-ring (bicyclic) bond motifs is 1. The van der Waals surface area contributed by atoms with Gasteiger partial charge in [0, 0.05) is 35.7 Å². The van der Waals surface area contributed by atoms with Crippen LogP contribution in [0.5, 0.6) is 0 Å². The lowest BCUT2D eigenvalue weighted by atomic mass is 9.99. The number of rotatable bonds is 4. The fourth-order valence-electron chi connectivity index (χ4n) is 3.66. The number of nitrogens with one attached hydrogen (secondary N) is 1. The maximum absolute atomic E-state index is 13.0. The Morgan fingerprint density at radius 1 is 1.07 bits per heavy atom. The quantitative estimate of drug-likeness (QED) is 0.653. The zero-order chi connectivity index (χ0) is 20.4. The minimum absolute atomic E-state index is 0.276. The van der Waals surface area contributed by atoms with Crippen LogP contribution in [0.15, 0.2) is 66.9 Å². The maximum atomic E-state index is 13.0. The van der Waals surface area contributed by atoms with Gasteiger partial charge in [-0.25, -0.2) is 4.39 Å². The van der Waals surface area contributed by atoms with Crippen LogP contribution in [-0.4, -0.2) is 27.8 Å². The number of hydrogen-bond acceptors (Lipinski definition) is 2. The van der Waals surface area contributed by atoms with Gasteiger partial charge in [-0.2, -0.15) is 0 Å². The molecule has 1 aliphatic heterocycles. The molecule has 4 rings (SSSR count). The summed E-state index contributed by atoms with van der Waals surface area (Å²) < 4.78 is 15.1. The second kappa shape index (κ2) is 8.09. The standard InChI is InChI=1S/C22H19ClFN3O2/c23-16-4-1-3-15(13-16)22-19-5-2-10-26(19)11-12-27(22)21(29)14-20(28)25-18-8-6-17(24)7-9-18/h1-10,13,22H,11-12,14H2,(H,25,28)/t22-/m1/s1. The van der Waals surface area contributed by atoms with E-state index in [9.17, 15) is 14.0 Å². The molecule has 1 aliphatic rings. The van der Waals surface area contributed by atoms with E-state index in [0.717, 1.165) is 11.3 Å². The summed E-state index contributed by atoms with van der Waals surface area (Å²) in [5.41, 5.74) is 2.32. The molecule has 0 radical (unpaired) electrons. The summed E-state index contributed by atoms with van der Waals surface area (Å²) in [6.45, 7) is 1.15. The molecule has 0 aliphatic carbocycles. The van der Waals surface area contributed by atoms with Crippen molar-refractivity contribution < 1.29 is 14.0 Å². The average molecular weight is 412 g/mol. The van der Waals surface area contributed by atoms with Crippen molar-refractivity contribution in [3.63, 3.8) is 0 Å². The first-order valence-electron chi connectivity index (χ1n) is 9.26. The molecular formula is C22H19ClFN3O2. The molecule has 2 aromatic carbocycles. The molecule has 0 spiro atoms. The number of aromatic nitrogens is 1. The van der Waals surface area contributed by atoms with Gasteiger partial charge in [0.05, 0.1) is 6.04 Å². The summed E-state index contributed by atoms with van der Waals surface area (Å²) in [5.74, 6) is -1.10. The summed E-state index contributed by atoms with van der Waals surface area (Å²) in [6, 6.07) is 16.4. The van der Waals surface area contributed by atoms with E-state index in [1.54, 1.807) is 11.0 Å². The average Bonchev–Trinajstić information content (AvgIpc) is 3.17. The third-order valence-corrected chi connectivity index (χ3v) is 5.20. The summed E-state index contributed by atoms with van der Waals surface area (Å²) in [6.07, 6.45) is 1.69. The van der Waals surface area contributed by atoms with Gasteiger partial charge in [-0.05, 0) is 54.1 Å². The van der Waals surface area contributed by atoms with Gasteiger partial charge in [0.2, 0.25) is 11.8 Å². The Balaban J connectivity index is 1.54. The second-order valence-corrected chi connectivity index (χ2v) is 7.34. The first-order chi connectivity index (χ1) is 14.0. The molecule has 2 heterocycles. The second-order valence-electron chi connectivity index (χ2n) is 6.90. The van der Waals surface area contributed by atoms with Gasteiger partial charge in [0.15, 0.2) is 0 Å². The van der Waals surface area contributed by atoms with E-state index in [4.69, 9.17) is 11.6 Å². The molecule has 0 bridgehead atoms. The van der Waals surface area contributed by atoms with Gasteiger partial charge in [-0.1, -0.05) is 23.7 Å². The molecule has 148 valence electrons. The molecule has 7 heteroatoms. The number of carbonyl (C=O) groups is 2. The number of hydrogen-bond donors (Lipinski definition) is 1. The molecule has 0 saturated heterocycles. The van der Waals surface area contributed by atoms with Gasteiger partial charge < -0.3 is 14.8 Å². The zero-order valence-electron chi connectivity index (χ0n) is 15.5. The lowest BCUT2D eigenvalue weighted by molar-refractivity contribution is -0.136. The highest BCUT2D eigenvalue weighted by molar-refractivity contribution is 6.30. The molecule has 3 aromatic rings. The highest BCUT2D eigenvalue weighted by Gasteiger charge is 2.32. The number of amides is 2. The molecule has 1 atom stereocenters. The molecule has 29 heavy (non-hydrogen) atoms. The van der Waals surface area contributed by atoms with Crippen LogP contribution in [0.3, 0.4) is 0 Å². The van der Waals surface area contributed by atoms with Crippen molar-refractivity contribution in [1.82, 2.24) is 9.47 Å². The fraction of sp³-hybridized carbons (Fsp3) is 0.182. The maximum Gasteiger partial charge on any atom is 0.233 e. The normalized spacial score (nSPS) is 15.7. The minimum atomic E-state index is -0.438. The first kappa shape index (κ1) is 19.2. The molecule has 1 aromatic heterocycles. The van der Waals surface area contributed by atoms with E-state index < -0.39 is 5.91 Å². The Morgan fingerprint density at radius 2 is 1.86 bits per heavy atom. The van der Waals surface area contributed by atoms with Crippen molar-refractivity contribution in [3.8, 4) is 0 Å². The molecular weight excluding hydrogens is 393 g/mol. The molecule has 0 saturated carbocycles. The molecule has 1 N–H and O–H groups in total. The van der Waals surface area contributed by atoms with Crippen molar-refractivity contribution in [1.29, 1.82) is 0 Å². The predicted molar refractivity (Wildman–Crippen MR) is 109 cm³/mol. The van der Waals surface area contributed by atoms with Crippen LogP contribution in [0, 0.1) is 5.82 Å². The van der Waals surface area contributed by atoms with Crippen LogP contribution in [0.1, 0.15) is 23.7 Å². The molecule has 2 amide bonds. The summed E-state index contributed by atoms with van der Waals surface area (Å²) in [5, 5.41) is 3.23. The van der Waals surface area contributed by atoms with E-state index in [0.29, 0.717) is 23.8 Å². The Morgan fingerprint density at radius 3 is 2.62 bits per heavy atom. The third-order valence-electron chi connectivity index (χ3n) is 4.96. The largest absolute Gasteiger partial charge is 0.348 e. The highest BCUT2D eigenvalue weighted by atomic mass is 35.5. The Bertz CT molecular complexity index is 1050. The van der Waals surface area contributed by atoms with E-state index in [-0.39, 0.29) is 24.2 Å². The lowest BCUT2D eigenvalue weighted by Gasteiger charge is -2.37. The number of carbonyl (C=O) groups excluding carboxylic acids is 2. The monoisotopic (exact) mass is 411 g/mol. The number of halogens is 2. The minimum Gasteiger partial charge on any atom is -0.348 e. The van der Waals surface area contributed by atoms with E-state index in [1.165, 1.54) is 24.3 Å².